The second-order valence-electron chi connectivity index (χ2n) is 7.34. The monoisotopic (exact) mass is 438 g/mol. The predicted octanol–water partition coefficient (Wildman–Crippen LogP) is 4.45. The summed E-state index contributed by atoms with van der Waals surface area (Å²) >= 11 is 0. The molecule has 0 bridgehead atoms. The number of rotatable bonds is 9. The van der Waals surface area contributed by atoms with E-state index >= 15 is 4.39 Å². The number of nitrogens with zero attached hydrogens (tertiary/aromatic N) is 3. The molecule has 2 rings (SSSR count). The van der Waals surface area contributed by atoms with E-state index in [2.05, 4.69) is 9.98 Å². The number of hydrogen-bond donors (Lipinski definition) is 2. The highest BCUT2D eigenvalue weighted by Crippen LogP contribution is 2.28. The highest BCUT2D eigenvalue weighted by Gasteiger charge is 2.22. The number of nitrogens with two attached hydrogens (primary N) is 1. The van der Waals surface area contributed by atoms with Gasteiger partial charge in [0.15, 0.2) is 5.78 Å². The van der Waals surface area contributed by atoms with Gasteiger partial charge < -0.3 is 15.7 Å². The third-order valence-electron chi connectivity index (χ3n) is 5.15. The first-order chi connectivity index (χ1) is 15.4. The zero-order valence-electron chi connectivity index (χ0n) is 19.0. The maximum absolute atomic E-state index is 15.3. The van der Waals surface area contributed by atoms with Crippen molar-refractivity contribution in [3.63, 3.8) is 0 Å². The number of benzene rings is 1. The molecule has 32 heavy (non-hydrogen) atoms. The van der Waals surface area contributed by atoms with Gasteiger partial charge in [0.05, 0.1) is 6.61 Å². The van der Waals surface area contributed by atoms with E-state index in [0.29, 0.717) is 24.1 Å². The van der Waals surface area contributed by atoms with Gasteiger partial charge in [-0.15, -0.1) is 0 Å². The van der Waals surface area contributed by atoms with Crippen LogP contribution >= 0.6 is 0 Å². The van der Waals surface area contributed by atoms with Gasteiger partial charge in [0, 0.05) is 42.7 Å². The fourth-order valence-electron chi connectivity index (χ4n) is 3.14. The fraction of sp³-hybridized carbons (Fsp3) is 0.320. The number of carbonyl (C=O) groups excluding carboxylic acids is 1. The van der Waals surface area contributed by atoms with Crippen LogP contribution in [0.5, 0.6) is 0 Å². The third kappa shape index (κ3) is 5.88. The van der Waals surface area contributed by atoms with Gasteiger partial charge in [0.1, 0.15) is 23.0 Å². The summed E-state index contributed by atoms with van der Waals surface area (Å²) in [5.41, 5.74) is 7.86. The van der Waals surface area contributed by atoms with Crippen LogP contribution in [0.25, 0.3) is 5.70 Å². The summed E-state index contributed by atoms with van der Waals surface area (Å²) in [7, 11) is 1.77. The van der Waals surface area contributed by atoms with Crippen LogP contribution in [-0.2, 0) is 0 Å². The van der Waals surface area contributed by atoms with Crippen LogP contribution in [0.4, 0.5) is 4.39 Å². The molecule has 1 atom stereocenters. The van der Waals surface area contributed by atoms with Crippen molar-refractivity contribution >= 4 is 23.5 Å². The minimum atomic E-state index is -0.593. The van der Waals surface area contributed by atoms with Crippen molar-refractivity contribution in [3.05, 3.63) is 77.0 Å². The van der Waals surface area contributed by atoms with Crippen LogP contribution < -0.4 is 5.73 Å². The predicted molar refractivity (Wildman–Crippen MR) is 129 cm³/mol. The normalized spacial score (nSPS) is 17.2. The van der Waals surface area contributed by atoms with E-state index in [1.807, 2.05) is 26.8 Å². The van der Waals surface area contributed by atoms with Gasteiger partial charge in [0.2, 0.25) is 0 Å². The Morgan fingerprint density at radius 2 is 2.12 bits per heavy atom. The Labute approximate surface area is 189 Å². The average molecular weight is 439 g/mol. The molecule has 0 saturated heterocycles. The number of aliphatic hydroxyl groups excluding tert-OH is 1. The molecule has 0 saturated carbocycles. The summed E-state index contributed by atoms with van der Waals surface area (Å²) in [6.07, 6.45) is 11.4. The van der Waals surface area contributed by atoms with Gasteiger partial charge in [0.25, 0.3) is 0 Å². The fourth-order valence-corrected chi connectivity index (χ4v) is 3.14. The standard InChI is InChI=1S/C25H31FN4O2/c1-5-8-9-18(7-3)24(32)19-10-11-20(21(26)14-19)22(29-15-17(6-2)16-31)23-25(27)28-12-13-30(23)4/h5,8-15,17,31H,6-7,16H2,1-4H3,(H2,27,28)/b8-5-,18-9+,23-22-,29-15+/t17-/m0/s1. The van der Waals surface area contributed by atoms with Crippen molar-refractivity contribution in [2.75, 3.05) is 13.7 Å². The van der Waals surface area contributed by atoms with Crippen molar-refractivity contribution in [3.8, 4) is 0 Å². The van der Waals surface area contributed by atoms with Crippen LogP contribution in [0.2, 0.25) is 0 Å². The molecule has 1 aromatic rings. The highest BCUT2D eigenvalue weighted by atomic mass is 19.1. The number of carbonyl (C=O) groups is 1. The number of likely N-dealkylation sites (N-methyl/N-ethyl adjacent to an activating group) is 1. The molecule has 0 fully saturated rings. The lowest BCUT2D eigenvalue weighted by Gasteiger charge is -2.23. The molecule has 3 N–H and O–H groups in total. The van der Waals surface area contributed by atoms with E-state index in [9.17, 15) is 9.90 Å². The minimum absolute atomic E-state index is 0.0732. The Hall–Kier alpha value is -3.32. The molecular formula is C25H31FN4O2. The average Bonchev–Trinajstić information content (AvgIpc) is 2.78. The number of aliphatic hydroxyl groups is 1. The van der Waals surface area contributed by atoms with E-state index in [1.165, 1.54) is 12.1 Å². The highest BCUT2D eigenvalue weighted by molar-refractivity contribution is 6.09. The van der Waals surface area contributed by atoms with Crippen molar-refractivity contribution in [1.82, 2.24) is 4.90 Å². The molecule has 170 valence electrons. The zero-order chi connectivity index (χ0) is 23.7. The lowest BCUT2D eigenvalue weighted by Crippen LogP contribution is -2.28. The summed E-state index contributed by atoms with van der Waals surface area (Å²) in [6.45, 7) is 5.61. The number of amidine groups is 1. The molecule has 1 aromatic carbocycles. The largest absolute Gasteiger partial charge is 0.396 e. The smallest absolute Gasteiger partial charge is 0.189 e. The minimum Gasteiger partial charge on any atom is -0.396 e. The molecular weight excluding hydrogens is 407 g/mol. The van der Waals surface area contributed by atoms with Crippen molar-refractivity contribution in [2.24, 2.45) is 21.6 Å². The summed E-state index contributed by atoms with van der Waals surface area (Å²) in [4.78, 5) is 23.1. The SMILES string of the molecule is C/C=C\C=C(/CC)C(=O)c1ccc(C(/N=C/[C@H](CC)CO)=C2\C(N)=NC=CN2C)c(F)c1. The lowest BCUT2D eigenvalue weighted by molar-refractivity contribution is 0.103. The summed E-state index contributed by atoms with van der Waals surface area (Å²) in [5.74, 6) is -0.800. The Bertz CT molecular complexity index is 1010. The van der Waals surface area contributed by atoms with E-state index in [4.69, 9.17) is 5.73 Å². The maximum atomic E-state index is 15.3. The number of ketones is 1. The number of hydrogen-bond acceptors (Lipinski definition) is 6. The first-order valence-corrected chi connectivity index (χ1v) is 10.7. The van der Waals surface area contributed by atoms with Gasteiger partial charge in [-0.1, -0.05) is 38.1 Å². The Balaban J connectivity index is 2.59. The van der Waals surface area contributed by atoms with Gasteiger partial charge >= 0.3 is 0 Å². The van der Waals surface area contributed by atoms with E-state index in [-0.39, 0.29) is 41.0 Å². The first kappa shape index (κ1) is 24.9. The molecule has 0 amide bonds. The van der Waals surface area contributed by atoms with Crippen molar-refractivity contribution in [1.29, 1.82) is 0 Å². The number of halogens is 1. The van der Waals surface area contributed by atoms with E-state index < -0.39 is 5.82 Å². The molecule has 0 aromatic heterocycles. The summed E-state index contributed by atoms with van der Waals surface area (Å²) in [5, 5.41) is 9.51. The zero-order valence-corrected chi connectivity index (χ0v) is 19.0. The number of allylic oxidation sites excluding steroid dienone is 4. The molecule has 7 heteroatoms. The van der Waals surface area contributed by atoms with Crippen LogP contribution in [0.3, 0.4) is 0 Å². The molecule has 6 nitrogen and oxygen atoms in total. The Morgan fingerprint density at radius 1 is 1.38 bits per heavy atom. The van der Waals surface area contributed by atoms with Crippen LogP contribution in [0.1, 0.15) is 49.5 Å². The first-order valence-electron chi connectivity index (χ1n) is 10.7. The van der Waals surface area contributed by atoms with Gasteiger partial charge in [-0.2, -0.15) is 0 Å². The maximum Gasteiger partial charge on any atom is 0.189 e. The molecule has 1 aliphatic rings. The van der Waals surface area contributed by atoms with E-state index in [1.54, 1.807) is 48.8 Å². The quantitative estimate of drug-likeness (QED) is 0.258. The van der Waals surface area contributed by atoms with Crippen LogP contribution in [0, 0.1) is 11.7 Å². The van der Waals surface area contributed by atoms with Gasteiger partial charge in [-0.05, 0) is 37.5 Å². The number of Topliss-reactive ketones (excluding diaryl/α,β-unsaturated/α-hetero) is 1. The molecule has 0 spiro atoms. The summed E-state index contributed by atoms with van der Waals surface area (Å²) < 4.78 is 15.3. The van der Waals surface area contributed by atoms with Gasteiger partial charge in [-0.3, -0.25) is 9.79 Å². The lowest BCUT2D eigenvalue weighted by atomic mass is 9.98. The third-order valence-corrected chi connectivity index (χ3v) is 5.15. The molecule has 0 unspecified atom stereocenters. The topological polar surface area (TPSA) is 91.3 Å². The second kappa shape index (κ2) is 11.9. The Morgan fingerprint density at radius 3 is 2.69 bits per heavy atom. The second-order valence-corrected chi connectivity index (χ2v) is 7.34. The molecule has 1 aliphatic heterocycles. The van der Waals surface area contributed by atoms with Crippen LogP contribution in [-0.4, -0.2) is 41.5 Å². The summed E-state index contributed by atoms with van der Waals surface area (Å²) in [6, 6.07) is 4.35. The molecule has 0 radical (unpaired) electrons. The number of aliphatic imine (C=N–C) groups is 2. The van der Waals surface area contributed by atoms with Crippen molar-refractivity contribution < 1.29 is 14.3 Å². The molecule has 0 aliphatic carbocycles. The molecule has 1 heterocycles. The van der Waals surface area contributed by atoms with Crippen molar-refractivity contribution in [2.45, 2.75) is 33.6 Å². The van der Waals surface area contributed by atoms with Crippen LogP contribution in [0.15, 0.2) is 70.1 Å². The van der Waals surface area contributed by atoms with E-state index in [0.717, 1.165) is 0 Å². The van der Waals surface area contributed by atoms with Gasteiger partial charge in [-0.25, -0.2) is 9.38 Å². The Kier molecular flexibility index (Phi) is 9.28.